The van der Waals surface area contributed by atoms with Crippen LogP contribution in [0, 0.1) is 11.2 Å². The van der Waals surface area contributed by atoms with Crippen LogP contribution < -0.4 is 14.4 Å². The highest BCUT2D eigenvalue weighted by Gasteiger charge is 2.54. The number of carbonyl (C=O) groups is 2. The molecule has 1 saturated heterocycles. The predicted molar refractivity (Wildman–Crippen MR) is 178 cm³/mol. The number of benzene rings is 2. The molecular formula is C35H42ClFN6O5. The first-order valence-corrected chi connectivity index (χ1v) is 16.7. The van der Waals surface area contributed by atoms with E-state index in [9.17, 15) is 14.0 Å². The standard InChI is InChI=1S/C35H42ClFN6O5/c1-20(2)43(21(3)4)31(44)25-13-23(37)11-12-28(25)47-30-29(38-32(36)40-39-30)42-18-35(19-42)14-24(15-35)46-27-10-8-9-22-16-41(17-26(22)27)33(45)48-34(5,6)7/h8-13,20-21,24H,14-19H2,1-7H3. The Hall–Kier alpha value is -4.19. The van der Waals surface area contributed by atoms with Gasteiger partial charge in [-0.25, -0.2) is 9.18 Å². The number of carbonyl (C=O) groups excluding carboxylic acids is 2. The van der Waals surface area contributed by atoms with Gasteiger partial charge >= 0.3 is 6.09 Å². The number of aromatic nitrogens is 3. The number of nitrogens with zero attached hydrogens (tertiary/aromatic N) is 6. The molecule has 1 saturated carbocycles. The fourth-order valence-electron chi connectivity index (χ4n) is 6.93. The maximum atomic E-state index is 14.4. The van der Waals surface area contributed by atoms with E-state index in [1.807, 2.05) is 71.6 Å². The molecule has 0 N–H and O–H groups in total. The summed E-state index contributed by atoms with van der Waals surface area (Å²) in [5, 5.41) is 8.01. The summed E-state index contributed by atoms with van der Waals surface area (Å²) >= 11 is 6.17. The Labute approximate surface area is 285 Å². The normalized spacial score (nSPS) is 16.9. The smallest absolute Gasteiger partial charge is 0.410 e. The molecule has 256 valence electrons. The Morgan fingerprint density at radius 1 is 1.02 bits per heavy atom. The summed E-state index contributed by atoms with van der Waals surface area (Å²) in [6.45, 7) is 15.5. The van der Waals surface area contributed by atoms with E-state index in [1.165, 1.54) is 18.2 Å². The fourth-order valence-corrected chi connectivity index (χ4v) is 7.04. The Morgan fingerprint density at radius 2 is 1.73 bits per heavy atom. The van der Waals surface area contributed by atoms with E-state index in [0.29, 0.717) is 32.0 Å². The lowest BCUT2D eigenvalue weighted by molar-refractivity contribution is -0.0349. The maximum Gasteiger partial charge on any atom is 0.410 e. The molecule has 3 heterocycles. The van der Waals surface area contributed by atoms with Crippen LogP contribution >= 0.6 is 11.6 Å². The average Bonchev–Trinajstić information content (AvgIpc) is 3.40. The number of fused-ring (bicyclic) bond motifs is 1. The van der Waals surface area contributed by atoms with Crippen molar-refractivity contribution in [3.8, 4) is 17.4 Å². The molecule has 2 aliphatic heterocycles. The van der Waals surface area contributed by atoms with E-state index in [0.717, 1.165) is 29.7 Å². The van der Waals surface area contributed by atoms with Gasteiger partial charge in [0, 0.05) is 42.7 Å². The number of hydrogen-bond donors (Lipinski definition) is 0. The van der Waals surface area contributed by atoms with Crippen molar-refractivity contribution in [2.75, 3.05) is 18.0 Å². The van der Waals surface area contributed by atoms with Crippen LogP contribution in [0.4, 0.5) is 15.0 Å². The second-order valence-electron chi connectivity index (χ2n) is 14.6. The number of rotatable bonds is 8. The number of hydrogen-bond acceptors (Lipinski definition) is 9. The largest absolute Gasteiger partial charge is 0.490 e. The minimum atomic E-state index is -0.562. The average molecular weight is 681 g/mol. The molecule has 2 amide bonds. The van der Waals surface area contributed by atoms with E-state index >= 15 is 0 Å². The molecule has 13 heteroatoms. The van der Waals surface area contributed by atoms with Gasteiger partial charge in [-0.2, -0.15) is 4.98 Å². The van der Waals surface area contributed by atoms with Crippen molar-refractivity contribution in [1.82, 2.24) is 25.0 Å². The van der Waals surface area contributed by atoms with Crippen LogP contribution in [0.3, 0.4) is 0 Å². The monoisotopic (exact) mass is 680 g/mol. The molecule has 1 spiro atoms. The fraction of sp³-hybridized carbons (Fsp3) is 0.514. The van der Waals surface area contributed by atoms with Gasteiger partial charge in [-0.3, -0.25) is 9.69 Å². The summed E-state index contributed by atoms with van der Waals surface area (Å²) in [5.41, 5.74) is 1.64. The second kappa shape index (κ2) is 12.7. The van der Waals surface area contributed by atoms with E-state index in [1.54, 1.807) is 9.80 Å². The summed E-state index contributed by atoms with van der Waals surface area (Å²) in [6, 6.07) is 9.56. The molecule has 0 bridgehead atoms. The molecule has 3 aromatic rings. The van der Waals surface area contributed by atoms with E-state index in [-0.39, 0.29) is 58.1 Å². The zero-order chi connectivity index (χ0) is 34.5. The van der Waals surface area contributed by atoms with Gasteiger partial charge in [0.2, 0.25) is 5.28 Å². The molecule has 2 fully saturated rings. The Bertz CT molecular complexity index is 1710. The summed E-state index contributed by atoms with van der Waals surface area (Å²) in [4.78, 5) is 36.0. The van der Waals surface area contributed by atoms with Crippen molar-refractivity contribution >= 4 is 29.4 Å². The molecule has 11 nitrogen and oxygen atoms in total. The van der Waals surface area contributed by atoms with Crippen LogP contribution in [0.15, 0.2) is 36.4 Å². The van der Waals surface area contributed by atoms with Gasteiger partial charge in [0.15, 0.2) is 5.82 Å². The van der Waals surface area contributed by atoms with Gasteiger partial charge in [0.1, 0.15) is 29.0 Å². The molecule has 1 aromatic heterocycles. The minimum absolute atomic E-state index is 0.0336. The van der Waals surface area contributed by atoms with Gasteiger partial charge in [-0.1, -0.05) is 12.1 Å². The lowest BCUT2D eigenvalue weighted by Gasteiger charge is -2.58. The highest BCUT2D eigenvalue weighted by molar-refractivity contribution is 6.28. The van der Waals surface area contributed by atoms with Crippen LogP contribution in [0.25, 0.3) is 0 Å². The van der Waals surface area contributed by atoms with Crippen LogP contribution in [-0.2, 0) is 17.8 Å². The van der Waals surface area contributed by atoms with Crippen LogP contribution in [0.5, 0.6) is 17.4 Å². The first-order chi connectivity index (χ1) is 22.6. The van der Waals surface area contributed by atoms with Crippen LogP contribution in [-0.4, -0.2) is 73.9 Å². The van der Waals surface area contributed by atoms with Gasteiger partial charge in [-0.15, -0.1) is 10.2 Å². The number of ether oxygens (including phenoxy) is 3. The van der Waals surface area contributed by atoms with E-state index in [2.05, 4.69) is 15.2 Å². The molecule has 1 aliphatic carbocycles. The third-order valence-corrected chi connectivity index (χ3v) is 9.06. The Morgan fingerprint density at radius 3 is 2.40 bits per heavy atom. The number of halogens is 2. The molecule has 0 unspecified atom stereocenters. The highest BCUT2D eigenvalue weighted by Crippen LogP contribution is 2.52. The predicted octanol–water partition coefficient (Wildman–Crippen LogP) is 7.01. The first-order valence-electron chi connectivity index (χ1n) is 16.3. The lowest BCUT2D eigenvalue weighted by Crippen LogP contribution is -2.65. The quantitative estimate of drug-likeness (QED) is 0.248. The molecule has 48 heavy (non-hydrogen) atoms. The van der Waals surface area contributed by atoms with Gasteiger partial charge in [0.05, 0.1) is 12.1 Å². The SMILES string of the molecule is CC(C)N(C(=O)c1cc(F)ccc1Oc1nnc(Cl)nc1N1CC2(CC(Oc3cccc4c3CN(C(=O)OC(C)(C)C)C4)C2)C1)C(C)C. The molecule has 0 atom stereocenters. The molecule has 0 radical (unpaired) electrons. The van der Waals surface area contributed by atoms with Crippen LogP contribution in [0.2, 0.25) is 5.28 Å². The molecule has 3 aliphatic rings. The molecule has 2 aromatic carbocycles. The molecule has 6 rings (SSSR count). The van der Waals surface area contributed by atoms with Crippen molar-refractivity contribution in [2.24, 2.45) is 5.41 Å². The topological polar surface area (TPSA) is 110 Å². The minimum Gasteiger partial charge on any atom is -0.490 e. The van der Waals surface area contributed by atoms with Crippen molar-refractivity contribution in [3.05, 3.63) is 64.2 Å². The van der Waals surface area contributed by atoms with Crippen LogP contribution in [0.1, 0.15) is 82.8 Å². The third kappa shape index (κ3) is 6.85. The zero-order valence-corrected chi connectivity index (χ0v) is 29.2. The van der Waals surface area contributed by atoms with Gasteiger partial charge < -0.3 is 24.0 Å². The van der Waals surface area contributed by atoms with Crippen molar-refractivity contribution in [3.63, 3.8) is 0 Å². The third-order valence-electron chi connectivity index (χ3n) is 8.90. The van der Waals surface area contributed by atoms with Gasteiger partial charge in [0.25, 0.3) is 11.8 Å². The number of amides is 2. The maximum absolute atomic E-state index is 14.4. The summed E-state index contributed by atoms with van der Waals surface area (Å²) < 4.78 is 32.6. The lowest BCUT2D eigenvalue weighted by atomic mass is 9.61. The van der Waals surface area contributed by atoms with Gasteiger partial charge in [-0.05, 0) is 103 Å². The second-order valence-corrected chi connectivity index (χ2v) is 14.9. The van der Waals surface area contributed by atoms with Crippen molar-refractivity contribution in [1.29, 1.82) is 0 Å². The Balaban J connectivity index is 1.11. The van der Waals surface area contributed by atoms with E-state index in [4.69, 9.17) is 25.8 Å². The van der Waals surface area contributed by atoms with Crippen molar-refractivity contribution < 1.29 is 28.2 Å². The first kappa shape index (κ1) is 33.7. The molecular weight excluding hydrogens is 639 g/mol. The summed E-state index contributed by atoms with van der Waals surface area (Å²) in [7, 11) is 0. The summed E-state index contributed by atoms with van der Waals surface area (Å²) in [5.74, 6) is 0.537. The summed E-state index contributed by atoms with van der Waals surface area (Å²) in [6.07, 6.45) is 1.40. The Kier molecular flexibility index (Phi) is 8.91. The van der Waals surface area contributed by atoms with Crippen molar-refractivity contribution in [2.45, 2.75) is 98.2 Å². The number of anilines is 1. The zero-order valence-electron chi connectivity index (χ0n) is 28.4. The van der Waals surface area contributed by atoms with E-state index < -0.39 is 11.4 Å². The highest BCUT2D eigenvalue weighted by atomic mass is 35.5.